The van der Waals surface area contributed by atoms with Crippen LogP contribution in [0.2, 0.25) is 0 Å². The van der Waals surface area contributed by atoms with Crippen molar-refractivity contribution in [1.29, 1.82) is 5.26 Å². The first-order valence-corrected chi connectivity index (χ1v) is 7.65. The maximum absolute atomic E-state index is 12.3. The minimum Gasteiger partial charge on any atom is -0.399 e. The Bertz CT molecular complexity index is 943. The Hall–Kier alpha value is -4.19. The van der Waals surface area contributed by atoms with Crippen molar-refractivity contribution in [3.05, 3.63) is 70.4 Å². The van der Waals surface area contributed by atoms with E-state index in [4.69, 9.17) is 5.73 Å². The fourth-order valence-corrected chi connectivity index (χ4v) is 2.11. The molecule has 0 aliphatic carbocycles. The third-order valence-electron chi connectivity index (χ3n) is 3.47. The van der Waals surface area contributed by atoms with Crippen molar-refractivity contribution < 1.29 is 14.5 Å². The van der Waals surface area contributed by atoms with Gasteiger partial charge in [0.25, 0.3) is 11.6 Å². The molecule has 27 heavy (non-hydrogen) atoms. The monoisotopic (exact) mass is 365 g/mol. The molecule has 9 heteroatoms. The van der Waals surface area contributed by atoms with Crippen LogP contribution in [0.5, 0.6) is 0 Å². The predicted octanol–water partition coefficient (Wildman–Crippen LogP) is 2.58. The zero-order chi connectivity index (χ0) is 20.0. The number of hydrogen-bond acceptors (Lipinski definition) is 6. The molecule has 0 atom stereocenters. The number of nitro groups is 1. The number of rotatable bonds is 5. The minimum absolute atomic E-state index is 0.129. The first-order valence-electron chi connectivity index (χ1n) is 7.65. The quantitative estimate of drug-likeness (QED) is 0.274. The van der Waals surface area contributed by atoms with Gasteiger partial charge in [0.1, 0.15) is 11.6 Å². The molecule has 0 saturated carbocycles. The van der Waals surface area contributed by atoms with Gasteiger partial charge in [0.15, 0.2) is 0 Å². The van der Waals surface area contributed by atoms with Crippen LogP contribution in [0.4, 0.5) is 22.7 Å². The van der Waals surface area contributed by atoms with Crippen LogP contribution in [0.1, 0.15) is 6.92 Å². The lowest BCUT2D eigenvalue weighted by molar-refractivity contribution is -0.384. The molecule has 0 unspecified atom stereocenters. The Labute approximate surface area is 154 Å². The first-order chi connectivity index (χ1) is 12.8. The van der Waals surface area contributed by atoms with E-state index in [2.05, 4.69) is 5.32 Å². The highest BCUT2D eigenvalue weighted by Gasteiger charge is 2.16. The van der Waals surface area contributed by atoms with Crippen molar-refractivity contribution in [2.45, 2.75) is 6.92 Å². The van der Waals surface area contributed by atoms with Crippen molar-refractivity contribution >= 4 is 34.6 Å². The summed E-state index contributed by atoms with van der Waals surface area (Å²) in [5.74, 6) is -1.16. The van der Waals surface area contributed by atoms with Crippen molar-refractivity contribution in [3.63, 3.8) is 0 Å². The van der Waals surface area contributed by atoms with E-state index in [0.29, 0.717) is 11.4 Å². The molecule has 0 fully saturated rings. The van der Waals surface area contributed by atoms with Gasteiger partial charge in [-0.05, 0) is 36.4 Å². The smallest absolute Gasteiger partial charge is 0.269 e. The van der Waals surface area contributed by atoms with Crippen LogP contribution in [0, 0.1) is 21.4 Å². The summed E-state index contributed by atoms with van der Waals surface area (Å²) in [4.78, 5) is 35.5. The van der Waals surface area contributed by atoms with E-state index in [1.807, 2.05) is 0 Å². The van der Waals surface area contributed by atoms with Crippen LogP contribution in [-0.4, -0.2) is 16.7 Å². The van der Waals surface area contributed by atoms with Gasteiger partial charge < -0.3 is 11.1 Å². The van der Waals surface area contributed by atoms with E-state index in [9.17, 15) is 25.0 Å². The van der Waals surface area contributed by atoms with Gasteiger partial charge in [-0.25, -0.2) is 0 Å². The number of nitriles is 1. The summed E-state index contributed by atoms with van der Waals surface area (Å²) < 4.78 is 0. The zero-order valence-corrected chi connectivity index (χ0v) is 14.2. The predicted molar refractivity (Wildman–Crippen MR) is 99.4 cm³/mol. The summed E-state index contributed by atoms with van der Waals surface area (Å²) in [7, 11) is 0. The van der Waals surface area contributed by atoms with Crippen LogP contribution in [0.3, 0.4) is 0 Å². The Kier molecular flexibility index (Phi) is 5.86. The van der Waals surface area contributed by atoms with Gasteiger partial charge in [0.05, 0.1) is 4.92 Å². The summed E-state index contributed by atoms with van der Waals surface area (Å²) in [5, 5.41) is 22.4. The summed E-state index contributed by atoms with van der Waals surface area (Å²) >= 11 is 0. The molecule has 2 aromatic rings. The van der Waals surface area contributed by atoms with Gasteiger partial charge in [-0.1, -0.05) is 0 Å². The average Bonchev–Trinajstić information content (AvgIpc) is 2.63. The maximum Gasteiger partial charge on any atom is 0.269 e. The van der Waals surface area contributed by atoms with Gasteiger partial charge in [-0.15, -0.1) is 0 Å². The van der Waals surface area contributed by atoms with E-state index in [1.54, 1.807) is 30.3 Å². The van der Waals surface area contributed by atoms with Gasteiger partial charge >= 0.3 is 0 Å². The molecule has 0 heterocycles. The Balaban J connectivity index is 2.25. The molecular formula is C18H15N5O4. The number of nitrogens with zero attached hydrogens (tertiary/aromatic N) is 3. The van der Waals surface area contributed by atoms with Gasteiger partial charge in [-0.2, -0.15) is 5.26 Å². The molecule has 0 saturated heterocycles. The van der Waals surface area contributed by atoms with Gasteiger partial charge in [0, 0.05) is 42.3 Å². The van der Waals surface area contributed by atoms with E-state index < -0.39 is 16.7 Å². The van der Waals surface area contributed by atoms with E-state index >= 15 is 0 Å². The lowest BCUT2D eigenvalue weighted by Crippen LogP contribution is -2.25. The Morgan fingerprint density at radius 1 is 1.19 bits per heavy atom. The number of benzene rings is 2. The van der Waals surface area contributed by atoms with Gasteiger partial charge in [-0.3, -0.25) is 24.6 Å². The molecule has 9 nitrogen and oxygen atoms in total. The molecule has 2 aromatic carbocycles. The zero-order valence-electron chi connectivity index (χ0n) is 14.2. The number of amides is 2. The number of nitrogens with two attached hydrogens (primary N) is 1. The minimum atomic E-state index is -0.756. The molecule has 2 amide bonds. The normalized spacial score (nSPS) is 10.6. The number of nitro benzene ring substituents is 1. The molecule has 136 valence electrons. The second-order valence-electron chi connectivity index (χ2n) is 5.39. The number of nitrogen functional groups attached to an aromatic ring is 1. The molecule has 0 aliphatic rings. The summed E-state index contributed by atoms with van der Waals surface area (Å²) in [6.45, 7) is 1.29. The molecule has 0 spiro atoms. The third kappa shape index (κ3) is 4.90. The van der Waals surface area contributed by atoms with E-state index in [0.717, 1.165) is 11.1 Å². The Morgan fingerprint density at radius 3 is 2.26 bits per heavy atom. The van der Waals surface area contributed by atoms with Crippen molar-refractivity contribution in [2.24, 2.45) is 0 Å². The van der Waals surface area contributed by atoms with Crippen LogP contribution in [0.25, 0.3) is 0 Å². The molecular weight excluding hydrogens is 350 g/mol. The largest absolute Gasteiger partial charge is 0.399 e. The van der Waals surface area contributed by atoms with E-state index in [-0.39, 0.29) is 16.9 Å². The highest BCUT2D eigenvalue weighted by Crippen LogP contribution is 2.19. The number of non-ortho nitro benzene ring substituents is 1. The molecule has 0 radical (unpaired) electrons. The topological polar surface area (TPSA) is 142 Å². The maximum atomic E-state index is 12.3. The standard InChI is InChI=1S/C18H15N5O4/c1-12(24)22(16-6-2-14(20)3-7-16)11-13(10-19)18(25)21-15-4-8-17(9-5-15)23(26)27/h2-9,11H,20H2,1H3,(H,21,25)/b13-11-. The molecule has 0 bridgehead atoms. The second-order valence-corrected chi connectivity index (χ2v) is 5.39. The number of carbonyl (C=O) groups excluding carboxylic acids is 2. The Morgan fingerprint density at radius 2 is 1.78 bits per heavy atom. The fourth-order valence-electron chi connectivity index (χ4n) is 2.11. The SMILES string of the molecule is CC(=O)N(/C=C(/C#N)C(=O)Nc1ccc([N+](=O)[O-])cc1)c1ccc(N)cc1. The van der Waals surface area contributed by atoms with Gasteiger partial charge in [0.2, 0.25) is 5.91 Å². The second kappa shape index (κ2) is 8.26. The summed E-state index contributed by atoms with van der Waals surface area (Å²) in [6, 6.07) is 13.2. The highest BCUT2D eigenvalue weighted by molar-refractivity contribution is 6.08. The van der Waals surface area contributed by atoms with Crippen LogP contribution in [-0.2, 0) is 9.59 Å². The molecule has 0 aromatic heterocycles. The number of hydrogen-bond donors (Lipinski definition) is 2. The first kappa shape index (κ1) is 19.1. The number of anilines is 3. The van der Waals surface area contributed by atoms with Crippen molar-refractivity contribution in [2.75, 3.05) is 16.0 Å². The van der Waals surface area contributed by atoms with Crippen LogP contribution < -0.4 is 16.0 Å². The molecule has 0 aliphatic heterocycles. The number of carbonyl (C=O) groups is 2. The summed E-state index contributed by atoms with van der Waals surface area (Å²) in [5.41, 5.74) is 6.38. The van der Waals surface area contributed by atoms with Crippen molar-refractivity contribution in [3.8, 4) is 6.07 Å². The van der Waals surface area contributed by atoms with E-state index in [1.165, 1.54) is 31.2 Å². The van der Waals surface area contributed by atoms with Crippen molar-refractivity contribution in [1.82, 2.24) is 0 Å². The lowest BCUT2D eigenvalue weighted by atomic mass is 10.2. The highest BCUT2D eigenvalue weighted by atomic mass is 16.6. The third-order valence-corrected chi connectivity index (χ3v) is 3.47. The fraction of sp³-hybridized carbons (Fsp3) is 0.0556. The summed E-state index contributed by atoms with van der Waals surface area (Å²) in [6.07, 6.45) is 1.12. The lowest BCUT2D eigenvalue weighted by Gasteiger charge is -2.17. The van der Waals surface area contributed by atoms with Crippen LogP contribution in [0.15, 0.2) is 60.3 Å². The number of nitrogens with one attached hydrogen (secondary N) is 1. The average molecular weight is 365 g/mol. The molecule has 3 N–H and O–H groups in total. The molecule has 2 rings (SSSR count). The van der Waals surface area contributed by atoms with Crippen LogP contribution >= 0.6 is 0 Å².